The van der Waals surface area contributed by atoms with Crippen molar-refractivity contribution in [1.82, 2.24) is 10.6 Å². The zero-order chi connectivity index (χ0) is 18.8. The first-order chi connectivity index (χ1) is 12.6. The monoisotopic (exact) mass is 488 g/mol. The Labute approximate surface area is 182 Å². The lowest BCUT2D eigenvalue weighted by Gasteiger charge is -2.29. The van der Waals surface area contributed by atoms with Crippen molar-refractivity contribution in [2.24, 2.45) is 10.9 Å². The molecule has 27 heavy (non-hydrogen) atoms. The van der Waals surface area contributed by atoms with Crippen LogP contribution in [0.1, 0.15) is 45.6 Å². The van der Waals surface area contributed by atoms with Crippen LogP contribution in [0.3, 0.4) is 0 Å². The third kappa shape index (κ3) is 9.14. The van der Waals surface area contributed by atoms with Crippen molar-refractivity contribution in [2.45, 2.75) is 52.6 Å². The Balaban J connectivity index is 0.00000364. The van der Waals surface area contributed by atoms with E-state index in [9.17, 15) is 0 Å². The van der Waals surface area contributed by atoms with Crippen molar-refractivity contribution in [3.8, 4) is 0 Å². The minimum Gasteiger partial charge on any atom is -0.378 e. The standard InChI is InChI=1S/C21H36N4O.HI/c1-17(2)6-5-7-18(3)24-21(22-4)23-16-19-8-10-20(11-9-19)25-12-14-26-15-13-25;/h8-11,17-18H,5-7,12-16H2,1-4H3,(H2,22,23,24);1H. The van der Waals surface area contributed by atoms with Gasteiger partial charge in [0.2, 0.25) is 0 Å². The van der Waals surface area contributed by atoms with Crippen LogP contribution in [0.5, 0.6) is 0 Å². The highest BCUT2D eigenvalue weighted by molar-refractivity contribution is 14.0. The van der Waals surface area contributed by atoms with Crippen molar-refractivity contribution >= 4 is 35.6 Å². The quantitative estimate of drug-likeness (QED) is 0.330. The zero-order valence-corrected chi connectivity index (χ0v) is 19.7. The minimum absolute atomic E-state index is 0. The van der Waals surface area contributed by atoms with Crippen LogP contribution in [0, 0.1) is 5.92 Å². The Morgan fingerprint density at radius 2 is 1.78 bits per heavy atom. The molecule has 6 heteroatoms. The molecule has 0 bridgehead atoms. The summed E-state index contributed by atoms with van der Waals surface area (Å²) in [7, 11) is 1.83. The Morgan fingerprint density at radius 3 is 2.37 bits per heavy atom. The molecule has 1 atom stereocenters. The molecule has 1 heterocycles. The van der Waals surface area contributed by atoms with E-state index in [1.54, 1.807) is 0 Å². The summed E-state index contributed by atoms with van der Waals surface area (Å²) in [5, 5.41) is 6.91. The highest BCUT2D eigenvalue weighted by atomic mass is 127. The molecule has 1 fully saturated rings. The zero-order valence-electron chi connectivity index (χ0n) is 17.3. The van der Waals surface area contributed by atoms with Crippen LogP contribution in [0.25, 0.3) is 0 Å². The van der Waals surface area contributed by atoms with Gasteiger partial charge >= 0.3 is 0 Å². The van der Waals surface area contributed by atoms with Gasteiger partial charge in [-0.3, -0.25) is 4.99 Å². The van der Waals surface area contributed by atoms with Gasteiger partial charge in [0.25, 0.3) is 0 Å². The molecule has 0 radical (unpaired) electrons. The molecule has 0 spiro atoms. The van der Waals surface area contributed by atoms with E-state index in [2.05, 4.69) is 65.6 Å². The van der Waals surface area contributed by atoms with E-state index in [0.29, 0.717) is 6.04 Å². The normalized spacial score (nSPS) is 16.0. The molecule has 2 N–H and O–H groups in total. The molecule has 2 rings (SSSR count). The summed E-state index contributed by atoms with van der Waals surface area (Å²) in [6, 6.07) is 9.22. The fraction of sp³-hybridized carbons (Fsp3) is 0.667. The number of anilines is 1. The van der Waals surface area contributed by atoms with Crippen molar-refractivity contribution in [1.29, 1.82) is 0 Å². The van der Waals surface area contributed by atoms with E-state index in [4.69, 9.17) is 4.74 Å². The number of nitrogens with one attached hydrogen (secondary N) is 2. The number of hydrogen-bond acceptors (Lipinski definition) is 3. The first-order valence-corrected chi connectivity index (χ1v) is 9.97. The number of aliphatic imine (C=N–C) groups is 1. The molecule has 1 aliphatic heterocycles. The number of guanidine groups is 1. The summed E-state index contributed by atoms with van der Waals surface area (Å²) < 4.78 is 5.42. The molecule has 0 amide bonds. The molecule has 154 valence electrons. The lowest BCUT2D eigenvalue weighted by Crippen LogP contribution is -2.41. The number of benzene rings is 1. The first kappa shape index (κ1) is 24.0. The molecule has 0 saturated carbocycles. The van der Waals surface area contributed by atoms with Crippen molar-refractivity contribution in [3.63, 3.8) is 0 Å². The van der Waals surface area contributed by atoms with E-state index < -0.39 is 0 Å². The average Bonchev–Trinajstić information content (AvgIpc) is 2.66. The smallest absolute Gasteiger partial charge is 0.191 e. The topological polar surface area (TPSA) is 48.9 Å². The van der Waals surface area contributed by atoms with E-state index in [0.717, 1.165) is 44.7 Å². The Hall–Kier alpha value is -1.02. The minimum atomic E-state index is 0. The highest BCUT2D eigenvalue weighted by Crippen LogP contribution is 2.16. The summed E-state index contributed by atoms with van der Waals surface area (Å²) in [6.07, 6.45) is 3.71. The maximum atomic E-state index is 5.42. The predicted octanol–water partition coefficient (Wildman–Crippen LogP) is 4.02. The predicted molar refractivity (Wildman–Crippen MR) is 126 cm³/mol. The third-order valence-electron chi connectivity index (χ3n) is 4.80. The van der Waals surface area contributed by atoms with Crippen LogP contribution in [0.15, 0.2) is 29.3 Å². The number of nitrogens with zero attached hydrogens (tertiary/aromatic N) is 2. The number of hydrogen-bond donors (Lipinski definition) is 2. The van der Waals surface area contributed by atoms with Gasteiger partial charge in [0.15, 0.2) is 5.96 Å². The van der Waals surface area contributed by atoms with Crippen molar-refractivity contribution in [3.05, 3.63) is 29.8 Å². The second kappa shape index (κ2) is 13.2. The summed E-state index contributed by atoms with van der Waals surface area (Å²) in [4.78, 5) is 6.72. The number of rotatable bonds is 8. The van der Waals surface area contributed by atoms with E-state index >= 15 is 0 Å². The van der Waals surface area contributed by atoms with Gasteiger partial charge in [0.05, 0.1) is 13.2 Å². The van der Waals surface area contributed by atoms with Gasteiger partial charge in [-0.05, 0) is 37.0 Å². The van der Waals surface area contributed by atoms with E-state index in [1.807, 2.05) is 7.05 Å². The van der Waals surface area contributed by atoms with Crippen LogP contribution < -0.4 is 15.5 Å². The van der Waals surface area contributed by atoms with Crippen molar-refractivity contribution < 1.29 is 4.74 Å². The summed E-state index contributed by atoms with van der Waals surface area (Å²) in [5.74, 6) is 1.65. The molecular weight excluding hydrogens is 451 g/mol. The highest BCUT2D eigenvalue weighted by Gasteiger charge is 2.11. The SMILES string of the molecule is CN=C(NCc1ccc(N2CCOCC2)cc1)NC(C)CCCC(C)C.I. The van der Waals surface area contributed by atoms with Gasteiger partial charge in [-0.1, -0.05) is 38.8 Å². The Kier molecular flexibility index (Phi) is 11.7. The number of ether oxygens (including phenoxy) is 1. The fourth-order valence-corrected chi connectivity index (χ4v) is 3.16. The third-order valence-corrected chi connectivity index (χ3v) is 4.80. The number of halogens is 1. The van der Waals surface area contributed by atoms with Gasteiger partial charge in [-0.15, -0.1) is 24.0 Å². The summed E-state index contributed by atoms with van der Waals surface area (Å²) in [6.45, 7) is 11.2. The van der Waals surface area contributed by atoms with Gasteiger partial charge in [0, 0.05) is 38.4 Å². The lowest BCUT2D eigenvalue weighted by atomic mass is 10.0. The van der Waals surface area contributed by atoms with Crippen LogP contribution >= 0.6 is 24.0 Å². The molecule has 1 aromatic rings. The summed E-state index contributed by atoms with van der Waals surface area (Å²) in [5.41, 5.74) is 2.54. The van der Waals surface area contributed by atoms with Crippen LogP contribution in [-0.2, 0) is 11.3 Å². The second-order valence-corrected chi connectivity index (χ2v) is 7.56. The van der Waals surface area contributed by atoms with Gasteiger partial charge in [0.1, 0.15) is 0 Å². The first-order valence-electron chi connectivity index (χ1n) is 9.97. The average molecular weight is 488 g/mol. The fourth-order valence-electron chi connectivity index (χ4n) is 3.16. The second-order valence-electron chi connectivity index (χ2n) is 7.56. The van der Waals surface area contributed by atoms with Crippen LogP contribution in [0.2, 0.25) is 0 Å². The molecule has 1 aromatic carbocycles. The number of morpholine rings is 1. The molecular formula is C21H37IN4O. The lowest BCUT2D eigenvalue weighted by molar-refractivity contribution is 0.122. The molecule has 5 nitrogen and oxygen atoms in total. The molecule has 0 aliphatic carbocycles. The Morgan fingerprint density at radius 1 is 1.11 bits per heavy atom. The summed E-state index contributed by atoms with van der Waals surface area (Å²) >= 11 is 0. The molecule has 0 aromatic heterocycles. The molecule has 1 unspecified atom stereocenters. The maximum absolute atomic E-state index is 5.42. The molecule has 1 aliphatic rings. The van der Waals surface area contributed by atoms with Gasteiger partial charge in [-0.25, -0.2) is 0 Å². The van der Waals surface area contributed by atoms with E-state index in [-0.39, 0.29) is 24.0 Å². The van der Waals surface area contributed by atoms with Crippen LogP contribution in [-0.4, -0.2) is 45.4 Å². The molecule has 1 saturated heterocycles. The van der Waals surface area contributed by atoms with E-state index in [1.165, 1.54) is 30.5 Å². The maximum Gasteiger partial charge on any atom is 0.191 e. The van der Waals surface area contributed by atoms with Crippen LogP contribution in [0.4, 0.5) is 5.69 Å². The Bertz CT molecular complexity index is 542. The largest absolute Gasteiger partial charge is 0.378 e. The van der Waals surface area contributed by atoms with Gasteiger partial charge < -0.3 is 20.3 Å². The van der Waals surface area contributed by atoms with Gasteiger partial charge in [-0.2, -0.15) is 0 Å². The van der Waals surface area contributed by atoms with Crippen molar-refractivity contribution in [2.75, 3.05) is 38.3 Å².